The van der Waals surface area contributed by atoms with Gasteiger partial charge in [0.15, 0.2) is 11.5 Å². The Balaban J connectivity index is 1.87. The fraction of sp³-hybridized carbons (Fsp3) is 0.185. The van der Waals surface area contributed by atoms with E-state index in [-0.39, 0.29) is 29.4 Å². The van der Waals surface area contributed by atoms with Gasteiger partial charge in [-0.2, -0.15) is 0 Å². The van der Waals surface area contributed by atoms with E-state index in [9.17, 15) is 19.8 Å². The van der Waals surface area contributed by atoms with E-state index in [2.05, 4.69) is 0 Å². The number of phenolic OH excluding ortho intramolecular Hbond substituents is 1. The number of phenols is 1. The van der Waals surface area contributed by atoms with Gasteiger partial charge in [0.2, 0.25) is 0 Å². The second-order valence-corrected chi connectivity index (χ2v) is 8.38. The summed E-state index contributed by atoms with van der Waals surface area (Å²) in [6, 6.07) is 17.2. The molecule has 1 aliphatic heterocycles. The number of likely N-dealkylation sites (tertiary alicyclic amines) is 1. The summed E-state index contributed by atoms with van der Waals surface area (Å²) in [5, 5.41) is 21.8. The minimum atomic E-state index is -0.920. The number of aliphatic hydroxyl groups is 1. The number of ketones is 1. The number of ether oxygens (including phenoxy) is 2. The maximum atomic E-state index is 13.2. The van der Waals surface area contributed by atoms with Crippen molar-refractivity contribution >= 4 is 29.1 Å². The van der Waals surface area contributed by atoms with Crippen LogP contribution in [-0.4, -0.2) is 40.5 Å². The zero-order chi connectivity index (χ0) is 25.1. The third-order valence-corrected chi connectivity index (χ3v) is 6.00. The van der Waals surface area contributed by atoms with Crippen LogP contribution in [0.5, 0.6) is 17.2 Å². The van der Waals surface area contributed by atoms with E-state index in [0.717, 1.165) is 5.56 Å². The fourth-order valence-corrected chi connectivity index (χ4v) is 4.22. The second kappa shape index (κ2) is 10.1. The van der Waals surface area contributed by atoms with Gasteiger partial charge in [0.25, 0.3) is 11.7 Å². The first kappa shape index (κ1) is 24.2. The number of carbonyl (C=O) groups is 2. The van der Waals surface area contributed by atoms with Crippen LogP contribution in [0.1, 0.15) is 29.7 Å². The number of Topliss-reactive ketones (excluding diaryl/α,β-unsaturated/α-hetero) is 1. The molecule has 1 aliphatic rings. The van der Waals surface area contributed by atoms with Gasteiger partial charge >= 0.3 is 0 Å². The predicted octanol–water partition coefficient (Wildman–Crippen LogP) is 5.07. The summed E-state index contributed by atoms with van der Waals surface area (Å²) in [4.78, 5) is 27.8. The fourth-order valence-electron chi connectivity index (χ4n) is 4.09. The van der Waals surface area contributed by atoms with Crippen LogP contribution < -0.4 is 9.47 Å². The average molecular weight is 494 g/mol. The number of benzene rings is 3. The quantitative estimate of drug-likeness (QED) is 0.271. The Bertz CT molecular complexity index is 1300. The van der Waals surface area contributed by atoms with Crippen molar-refractivity contribution < 1.29 is 29.3 Å². The topological polar surface area (TPSA) is 96.3 Å². The minimum Gasteiger partial charge on any atom is -0.507 e. The van der Waals surface area contributed by atoms with Gasteiger partial charge in [0.05, 0.1) is 25.3 Å². The molecule has 0 saturated carbocycles. The van der Waals surface area contributed by atoms with Gasteiger partial charge in [-0.15, -0.1) is 0 Å². The van der Waals surface area contributed by atoms with Crippen molar-refractivity contribution in [2.75, 3.05) is 13.7 Å². The molecule has 180 valence electrons. The molecule has 0 aromatic heterocycles. The molecule has 0 spiro atoms. The molecule has 1 fully saturated rings. The molecule has 0 aliphatic carbocycles. The lowest BCUT2D eigenvalue weighted by Crippen LogP contribution is -2.29. The Morgan fingerprint density at radius 1 is 1.06 bits per heavy atom. The van der Waals surface area contributed by atoms with E-state index in [0.29, 0.717) is 28.5 Å². The molecule has 0 bridgehead atoms. The van der Waals surface area contributed by atoms with Gasteiger partial charge in [0.1, 0.15) is 11.5 Å². The number of hydrogen-bond acceptors (Lipinski definition) is 6. The summed E-state index contributed by atoms with van der Waals surface area (Å²) in [7, 11) is 1.54. The van der Waals surface area contributed by atoms with E-state index in [1.807, 2.05) is 6.07 Å². The van der Waals surface area contributed by atoms with Crippen LogP contribution in [-0.2, 0) is 16.1 Å². The molecule has 1 unspecified atom stereocenters. The predicted molar refractivity (Wildman–Crippen MR) is 132 cm³/mol. The third-order valence-electron chi connectivity index (χ3n) is 5.74. The molecular formula is C27H24ClNO6. The largest absolute Gasteiger partial charge is 0.507 e. The van der Waals surface area contributed by atoms with Gasteiger partial charge in [-0.3, -0.25) is 9.59 Å². The molecule has 1 saturated heterocycles. The number of amides is 1. The molecule has 1 amide bonds. The van der Waals surface area contributed by atoms with Gasteiger partial charge in [-0.25, -0.2) is 0 Å². The van der Waals surface area contributed by atoms with E-state index < -0.39 is 17.7 Å². The first-order valence-corrected chi connectivity index (χ1v) is 11.3. The second-order valence-electron chi connectivity index (χ2n) is 7.95. The van der Waals surface area contributed by atoms with Crippen molar-refractivity contribution in [2.24, 2.45) is 0 Å². The summed E-state index contributed by atoms with van der Waals surface area (Å²) in [6.45, 7) is 2.18. The van der Waals surface area contributed by atoms with E-state index in [1.165, 1.54) is 11.0 Å². The Kier molecular flexibility index (Phi) is 6.98. The molecule has 1 atom stereocenters. The summed E-state index contributed by atoms with van der Waals surface area (Å²) >= 11 is 5.98. The SMILES string of the molecule is CCOc1cc(C2/C(=C(/O)c3ccc(Cl)cc3)C(=O)C(=O)N2Cc2cccc(OC)c2)ccc1O. The van der Waals surface area contributed by atoms with E-state index in [4.69, 9.17) is 21.1 Å². The maximum absolute atomic E-state index is 13.2. The van der Waals surface area contributed by atoms with Crippen LogP contribution in [0.4, 0.5) is 0 Å². The molecule has 4 rings (SSSR count). The molecule has 35 heavy (non-hydrogen) atoms. The van der Waals surface area contributed by atoms with Crippen molar-refractivity contribution in [1.82, 2.24) is 4.90 Å². The first-order chi connectivity index (χ1) is 16.8. The number of methoxy groups -OCH3 is 1. The number of halogens is 1. The van der Waals surface area contributed by atoms with Crippen LogP contribution in [0.2, 0.25) is 5.02 Å². The Hall–Kier alpha value is -3.97. The highest BCUT2D eigenvalue weighted by molar-refractivity contribution is 6.46. The Labute approximate surface area is 207 Å². The molecule has 8 heteroatoms. The lowest BCUT2D eigenvalue weighted by molar-refractivity contribution is -0.140. The van der Waals surface area contributed by atoms with Crippen LogP contribution in [0, 0.1) is 0 Å². The number of nitrogens with zero attached hydrogens (tertiary/aromatic N) is 1. The van der Waals surface area contributed by atoms with E-state index >= 15 is 0 Å². The molecule has 3 aromatic carbocycles. The van der Waals surface area contributed by atoms with Crippen molar-refractivity contribution in [1.29, 1.82) is 0 Å². The Morgan fingerprint density at radius 2 is 1.80 bits per heavy atom. The molecule has 0 radical (unpaired) electrons. The normalized spacial score (nSPS) is 17.0. The number of carbonyl (C=O) groups excluding carboxylic acids is 2. The lowest BCUT2D eigenvalue weighted by atomic mass is 9.95. The smallest absolute Gasteiger partial charge is 0.295 e. The highest BCUT2D eigenvalue weighted by atomic mass is 35.5. The summed E-state index contributed by atoms with van der Waals surface area (Å²) in [5.74, 6) is -1.12. The molecule has 3 aromatic rings. The molecule has 1 heterocycles. The monoisotopic (exact) mass is 493 g/mol. The number of hydrogen-bond donors (Lipinski definition) is 2. The van der Waals surface area contributed by atoms with Crippen LogP contribution >= 0.6 is 11.6 Å². The van der Waals surface area contributed by atoms with Crippen LogP contribution in [0.25, 0.3) is 5.76 Å². The van der Waals surface area contributed by atoms with Crippen molar-refractivity contribution in [3.05, 3.63) is 94.0 Å². The standard InChI is InChI=1S/C27H24ClNO6/c1-3-35-22-14-18(9-12-21(22)30)24-23(25(31)17-7-10-19(28)11-8-17)26(32)27(33)29(24)15-16-5-4-6-20(13-16)34-2/h4-14,24,30-31H,3,15H2,1-2H3/b25-23-. The molecule has 7 nitrogen and oxygen atoms in total. The highest BCUT2D eigenvalue weighted by Gasteiger charge is 2.46. The van der Waals surface area contributed by atoms with Gasteiger partial charge in [-0.05, 0) is 66.6 Å². The molecule has 2 N–H and O–H groups in total. The zero-order valence-electron chi connectivity index (χ0n) is 19.2. The van der Waals surface area contributed by atoms with E-state index in [1.54, 1.807) is 68.6 Å². The summed E-state index contributed by atoms with van der Waals surface area (Å²) < 4.78 is 10.8. The minimum absolute atomic E-state index is 0.0617. The summed E-state index contributed by atoms with van der Waals surface area (Å²) in [5.41, 5.74) is 1.53. The summed E-state index contributed by atoms with van der Waals surface area (Å²) in [6.07, 6.45) is 0. The van der Waals surface area contributed by atoms with Crippen LogP contribution in [0.3, 0.4) is 0 Å². The van der Waals surface area contributed by atoms with Crippen LogP contribution in [0.15, 0.2) is 72.3 Å². The third kappa shape index (κ3) is 4.81. The lowest BCUT2D eigenvalue weighted by Gasteiger charge is -2.26. The Morgan fingerprint density at radius 3 is 2.49 bits per heavy atom. The number of aromatic hydroxyl groups is 1. The molecular weight excluding hydrogens is 470 g/mol. The highest BCUT2D eigenvalue weighted by Crippen LogP contribution is 2.42. The van der Waals surface area contributed by atoms with Crippen molar-refractivity contribution in [3.8, 4) is 17.2 Å². The van der Waals surface area contributed by atoms with Gasteiger partial charge < -0.3 is 24.6 Å². The first-order valence-electron chi connectivity index (χ1n) is 11.0. The maximum Gasteiger partial charge on any atom is 0.295 e. The van der Waals surface area contributed by atoms with Gasteiger partial charge in [-0.1, -0.05) is 29.8 Å². The van der Waals surface area contributed by atoms with Gasteiger partial charge in [0, 0.05) is 17.1 Å². The number of rotatable bonds is 7. The van der Waals surface area contributed by atoms with Crippen molar-refractivity contribution in [3.63, 3.8) is 0 Å². The average Bonchev–Trinajstić information content (AvgIpc) is 3.10. The van der Waals surface area contributed by atoms with Crippen molar-refractivity contribution in [2.45, 2.75) is 19.5 Å². The zero-order valence-corrected chi connectivity index (χ0v) is 20.0. The number of aliphatic hydroxyl groups excluding tert-OH is 1.